The van der Waals surface area contributed by atoms with Gasteiger partial charge in [0.05, 0.1) is 0 Å². The van der Waals surface area contributed by atoms with Gasteiger partial charge in [0.15, 0.2) is 0 Å². The summed E-state index contributed by atoms with van der Waals surface area (Å²) >= 11 is 0. The highest BCUT2D eigenvalue weighted by atomic mass is 16.1. The summed E-state index contributed by atoms with van der Waals surface area (Å²) in [7, 11) is 0. The van der Waals surface area contributed by atoms with Crippen molar-refractivity contribution in [1.29, 1.82) is 0 Å². The molecule has 26 heavy (non-hydrogen) atoms. The Labute approximate surface area is 162 Å². The fourth-order valence-electron chi connectivity index (χ4n) is 9.60. The maximum atomic E-state index is 12.4. The van der Waals surface area contributed by atoms with Crippen molar-refractivity contribution in [2.24, 2.45) is 45.3 Å². The molecule has 0 bridgehead atoms. The van der Waals surface area contributed by atoms with Crippen LogP contribution >= 0.6 is 0 Å². The molecular weight excluding hydrogens is 316 g/mol. The Morgan fingerprint density at radius 2 is 1.65 bits per heavy atom. The average molecular weight is 359 g/mol. The van der Waals surface area contributed by atoms with Crippen molar-refractivity contribution in [2.45, 2.75) is 106 Å². The number of fused-ring (bicyclic) bond motifs is 5. The number of hydrogen-bond donors (Lipinski definition) is 0. The number of Topliss-reactive ketones (excluding diaryl/α,β-unsaturated/α-hetero) is 1. The first-order chi connectivity index (χ1) is 12.1. The van der Waals surface area contributed by atoms with Crippen molar-refractivity contribution in [1.82, 2.24) is 0 Å². The predicted octanol–water partition coefficient (Wildman–Crippen LogP) is 7.04. The number of ketones is 1. The standard InChI is InChI=1S/C25H42O/c1-7-25-15-14-22(4)16-17(2)10-13-24(22,6)21(25)11-12-23(5)19(18(3)26)8-9-20(23)25/h17,19-21H,7-16H2,1-6H3. The molecule has 148 valence electrons. The van der Waals surface area contributed by atoms with Gasteiger partial charge in [-0.05, 0) is 104 Å². The van der Waals surface area contributed by atoms with Gasteiger partial charge in [-0.2, -0.15) is 0 Å². The van der Waals surface area contributed by atoms with Gasteiger partial charge in [-0.3, -0.25) is 4.79 Å². The first kappa shape index (κ1) is 19.0. The quantitative estimate of drug-likeness (QED) is 0.517. The van der Waals surface area contributed by atoms with E-state index in [1.54, 1.807) is 0 Å². The van der Waals surface area contributed by atoms with Crippen LogP contribution < -0.4 is 0 Å². The fraction of sp³-hybridized carbons (Fsp3) is 0.960. The minimum absolute atomic E-state index is 0.282. The summed E-state index contributed by atoms with van der Waals surface area (Å²) < 4.78 is 0. The molecule has 0 radical (unpaired) electrons. The summed E-state index contributed by atoms with van der Waals surface area (Å²) in [6.07, 6.45) is 13.7. The molecule has 0 spiro atoms. The first-order valence-electron chi connectivity index (χ1n) is 11.6. The lowest BCUT2D eigenvalue weighted by Gasteiger charge is -2.70. The minimum Gasteiger partial charge on any atom is -0.300 e. The zero-order valence-corrected chi connectivity index (χ0v) is 18.3. The lowest BCUT2D eigenvalue weighted by molar-refractivity contribution is -0.210. The Morgan fingerprint density at radius 1 is 0.923 bits per heavy atom. The Bertz CT molecular complexity index is 595. The maximum absolute atomic E-state index is 12.4. The lowest BCUT2D eigenvalue weighted by Crippen LogP contribution is -2.62. The van der Waals surface area contributed by atoms with Gasteiger partial charge in [-0.15, -0.1) is 0 Å². The summed E-state index contributed by atoms with van der Waals surface area (Å²) in [4.78, 5) is 12.4. The predicted molar refractivity (Wildman–Crippen MR) is 109 cm³/mol. The third-order valence-corrected chi connectivity index (χ3v) is 11.1. The topological polar surface area (TPSA) is 17.1 Å². The Kier molecular flexibility index (Phi) is 4.27. The Hall–Kier alpha value is -0.330. The average Bonchev–Trinajstić information content (AvgIpc) is 2.94. The molecule has 0 saturated heterocycles. The van der Waals surface area contributed by atoms with Gasteiger partial charge in [-0.1, -0.05) is 41.0 Å². The van der Waals surface area contributed by atoms with E-state index in [0.717, 1.165) is 24.2 Å². The molecule has 0 aliphatic heterocycles. The van der Waals surface area contributed by atoms with E-state index in [1.165, 1.54) is 57.8 Å². The van der Waals surface area contributed by atoms with E-state index < -0.39 is 0 Å². The lowest BCUT2D eigenvalue weighted by atomic mass is 9.35. The monoisotopic (exact) mass is 358 g/mol. The van der Waals surface area contributed by atoms with Crippen LogP contribution in [0.15, 0.2) is 0 Å². The zero-order chi connectivity index (χ0) is 19.0. The molecule has 0 aromatic heterocycles. The second-order valence-corrected chi connectivity index (χ2v) is 11.8. The Morgan fingerprint density at radius 3 is 2.31 bits per heavy atom. The van der Waals surface area contributed by atoms with Crippen LogP contribution in [-0.4, -0.2) is 5.78 Å². The normalized spacial score (nSPS) is 56.4. The first-order valence-corrected chi connectivity index (χ1v) is 11.6. The van der Waals surface area contributed by atoms with Crippen LogP contribution in [0.5, 0.6) is 0 Å². The molecule has 4 rings (SSSR count). The molecule has 4 fully saturated rings. The second kappa shape index (κ2) is 5.84. The maximum Gasteiger partial charge on any atom is 0.133 e. The molecule has 0 aromatic rings. The van der Waals surface area contributed by atoms with Gasteiger partial charge >= 0.3 is 0 Å². The third-order valence-electron chi connectivity index (χ3n) is 11.1. The zero-order valence-electron chi connectivity index (χ0n) is 18.3. The van der Waals surface area contributed by atoms with Crippen molar-refractivity contribution in [3.8, 4) is 0 Å². The SMILES string of the molecule is CCC12CCC3(C)CC(C)CCC3(C)C1CCC1(C)C(C(C)=O)CCC12. The number of hydrogen-bond acceptors (Lipinski definition) is 1. The van der Waals surface area contributed by atoms with Crippen molar-refractivity contribution < 1.29 is 4.79 Å². The molecule has 1 heteroatoms. The summed E-state index contributed by atoms with van der Waals surface area (Å²) in [5.74, 6) is 3.38. The molecule has 4 aliphatic rings. The number of carbonyl (C=O) groups is 1. The van der Waals surface area contributed by atoms with Gasteiger partial charge in [0.1, 0.15) is 5.78 Å². The van der Waals surface area contributed by atoms with Gasteiger partial charge in [0.25, 0.3) is 0 Å². The van der Waals surface area contributed by atoms with Crippen LogP contribution in [0.25, 0.3) is 0 Å². The van der Waals surface area contributed by atoms with E-state index in [9.17, 15) is 4.79 Å². The van der Waals surface area contributed by atoms with Crippen LogP contribution in [0.2, 0.25) is 0 Å². The van der Waals surface area contributed by atoms with Crippen LogP contribution in [0.3, 0.4) is 0 Å². The minimum atomic E-state index is 0.282. The highest BCUT2D eigenvalue weighted by molar-refractivity contribution is 5.79. The smallest absolute Gasteiger partial charge is 0.133 e. The second-order valence-electron chi connectivity index (χ2n) is 11.8. The summed E-state index contributed by atoms with van der Waals surface area (Å²) in [6.45, 7) is 14.7. The molecule has 0 heterocycles. The Balaban J connectivity index is 1.76. The summed E-state index contributed by atoms with van der Waals surface area (Å²) in [6, 6.07) is 0. The molecule has 0 aromatic carbocycles. The largest absolute Gasteiger partial charge is 0.300 e. The van der Waals surface area contributed by atoms with E-state index in [0.29, 0.717) is 27.9 Å². The van der Waals surface area contributed by atoms with Crippen molar-refractivity contribution in [2.75, 3.05) is 0 Å². The van der Waals surface area contributed by atoms with Gasteiger partial charge in [0, 0.05) is 5.92 Å². The van der Waals surface area contributed by atoms with Crippen LogP contribution in [-0.2, 0) is 4.79 Å². The van der Waals surface area contributed by atoms with Crippen LogP contribution in [0.4, 0.5) is 0 Å². The van der Waals surface area contributed by atoms with Gasteiger partial charge < -0.3 is 0 Å². The molecule has 4 saturated carbocycles. The van der Waals surface area contributed by atoms with Crippen molar-refractivity contribution in [3.63, 3.8) is 0 Å². The molecule has 0 N–H and O–H groups in total. The molecule has 0 amide bonds. The molecular formula is C25H42O. The molecule has 1 nitrogen and oxygen atoms in total. The van der Waals surface area contributed by atoms with Crippen molar-refractivity contribution in [3.05, 3.63) is 0 Å². The van der Waals surface area contributed by atoms with E-state index in [4.69, 9.17) is 0 Å². The van der Waals surface area contributed by atoms with Crippen molar-refractivity contribution >= 4 is 5.78 Å². The highest BCUT2D eigenvalue weighted by Crippen LogP contribution is 2.76. The highest BCUT2D eigenvalue weighted by Gasteiger charge is 2.68. The van der Waals surface area contributed by atoms with Crippen LogP contribution in [0.1, 0.15) is 106 Å². The van der Waals surface area contributed by atoms with Gasteiger partial charge in [0.2, 0.25) is 0 Å². The fourth-order valence-corrected chi connectivity index (χ4v) is 9.60. The van der Waals surface area contributed by atoms with Crippen LogP contribution in [0, 0.1) is 45.3 Å². The van der Waals surface area contributed by atoms with E-state index in [-0.39, 0.29) is 5.41 Å². The summed E-state index contributed by atoms with van der Waals surface area (Å²) in [5, 5.41) is 0. The number of rotatable bonds is 2. The van der Waals surface area contributed by atoms with Gasteiger partial charge in [-0.25, -0.2) is 0 Å². The summed E-state index contributed by atoms with van der Waals surface area (Å²) in [5.41, 5.74) is 1.85. The molecule has 8 atom stereocenters. The number of carbonyl (C=O) groups excluding carboxylic acids is 1. The third kappa shape index (κ3) is 2.18. The van der Waals surface area contributed by atoms with E-state index in [1.807, 2.05) is 6.92 Å². The van der Waals surface area contributed by atoms with E-state index in [2.05, 4.69) is 34.6 Å². The van der Waals surface area contributed by atoms with E-state index >= 15 is 0 Å². The molecule has 4 aliphatic carbocycles. The molecule has 8 unspecified atom stereocenters.